The van der Waals surface area contributed by atoms with E-state index in [1.165, 1.54) is 16.4 Å². The number of sulfonamides is 1. The monoisotopic (exact) mass is 338 g/mol. The van der Waals surface area contributed by atoms with Crippen LogP contribution in [0.5, 0.6) is 0 Å². The maximum atomic E-state index is 12.6. The lowest BCUT2D eigenvalue weighted by Crippen LogP contribution is -2.42. The van der Waals surface area contributed by atoms with E-state index in [4.69, 9.17) is 0 Å². The number of aliphatic hydroxyl groups is 1. The molecule has 2 aliphatic rings. The molecule has 6 nitrogen and oxygen atoms in total. The van der Waals surface area contributed by atoms with Gasteiger partial charge in [-0.05, 0) is 49.9 Å². The fourth-order valence-corrected chi connectivity index (χ4v) is 4.43. The van der Waals surface area contributed by atoms with Crippen molar-refractivity contribution in [1.82, 2.24) is 4.31 Å². The molecule has 0 radical (unpaired) electrons. The number of aliphatic hydroxyl groups excluding tert-OH is 1. The van der Waals surface area contributed by atoms with Gasteiger partial charge in [-0.2, -0.15) is 4.31 Å². The number of nitrogens with one attached hydrogen (secondary N) is 1. The van der Waals surface area contributed by atoms with E-state index in [-0.39, 0.29) is 23.3 Å². The van der Waals surface area contributed by atoms with E-state index in [1.807, 2.05) is 0 Å². The number of carbonyl (C=O) groups is 1. The lowest BCUT2D eigenvalue weighted by molar-refractivity contribution is -0.122. The van der Waals surface area contributed by atoms with Gasteiger partial charge in [-0.3, -0.25) is 4.79 Å². The predicted octanol–water partition coefficient (Wildman–Crippen LogP) is 1.57. The number of carbonyl (C=O) groups excluding carboxylic acids is 1. The molecule has 1 saturated carbocycles. The van der Waals surface area contributed by atoms with E-state index < -0.39 is 16.1 Å². The molecule has 3 rings (SSSR count). The Labute approximate surface area is 136 Å². The van der Waals surface area contributed by atoms with Gasteiger partial charge >= 0.3 is 0 Å². The van der Waals surface area contributed by atoms with Crippen molar-refractivity contribution in [2.75, 3.05) is 18.4 Å². The Bertz CT molecular complexity index is 668. The molecular weight excluding hydrogens is 316 g/mol. The largest absolute Gasteiger partial charge is 0.392 e. The third-order valence-corrected chi connectivity index (χ3v) is 6.47. The van der Waals surface area contributed by atoms with Crippen molar-refractivity contribution in [2.24, 2.45) is 5.92 Å². The molecule has 126 valence electrons. The Kier molecular flexibility index (Phi) is 4.70. The van der Waals surface area contributed by atoms with Crippen molar-refractivity contribution in [2.45, 2.75) is 43.1 Å². The number of hydrogen-bond acceptors (Lipinski definition) is 4. The summed E-state index contributed by atoms with van der Waals surface area (Å²) in [6.07, 6.45) is 3.65. The van der Waals surface area contributed by atoms with Crippen LogP contribution in [0.25, 0.3) is 0 Å². The molecule has 1 amide bonds. The van der Waals surface area contributed by atoms with Crippen LogP contribution in [0, 0.1) is 5.92 Å². The molecule has 2 fully saturated rings. The minimum absolute atomic E-state index is 0.00556. The van der Waals surface area contributed by atoms with Crippen LogP contribution in [0.1, 0.15) is 32.1 Å². The Morgan fingerprint density at radius 3 is 2.39 bits per heavy atom. The molecule has 2 N–H and O–H groups in total. The SMILES string of the molecule is O=C(Nc1ccc(S(=O)(=O)N2CCC[C@@H](O)C2)cc1)C1CCC1. The molecule has 1 aromatic carbocycles. The number of nitrogens with zero attached hydrogens (tertiary/aromatic N) is 1. The van der Waals surface area contributed by atoms with Gasteiger partial charge in [0.2, 0.25) is 15.9 Å². The van der Waals surface area contributed by atoms with E-state index in [0.717, 1.165) is 19.3 Å². The summed E-state index contributed by atoms with van der Waals surface area (Å²) in [7, 11) is -3.59. The molecule has 1 aliphatic carbocycles. The molecule has 1 saturated heterocycles. The van der Waals surface area contributed by atoms with Crippen molar-refractivity contribution in [3.63, 3.8) is 0 Å². The number of benzene rings is 1. The summed E-state index contributed by atoms with van der Waals surface area (Å²) in [5.74, 6) is 0.0965. The minimum atomic E-state index is -3.59. The van der Waals surface area contributed by atoms with Crippen LogP contribution in [-0.2, 0) is 14.8 Å². The van der Waals surface area contributed by atoms with Crippen LogP contribution >= 0.6 is 0 Å². The maximum absolute atomic E-state index is 12.6. The summed E-state index contributed by atoms with van der Waals surface area (Å²) >= 11 is 0. The van der Waals surface area contributed by atoms with Gasteiger partial charge in [0.05, 0.1) is 11.0 Å². The summed E-state index contributed by atoms with van der Waals surface area (Å²) in [5.41, 5.74) is 0.611. The van der Waals surface area contributed by atoms with Gasteiger partial charge in [0.25, 0.3) is 0 Å². The quantitative estimate of drug-likeness (QED) is 0.872. The average molecular weight is 338 g/mol. The molecule has 0 aromatic heterocycles. The van der Waals surface area contributed by atoms with E-state index in [9.17, 15) is 18.3 Å². The number of amides is 1. The number of piperidine rings is 1. The second kappa shape index (κ2) is 6.59. The first-order valence-electron chi connectivity index (χ1n) is 8.06. The molecule has 1 aliphatic heterocycles. The smallest absolute Gasteiger partial charge is 0.243 e. The molecule has 0 unspecified atom stereocenters. The average Bonchev–Trinajstić information content (AvgIpc) is 2.46. The number of anilines is 1. The zero-order valence-electron chi connectivity index (χ0n) is 12.9. The highest BCUT2D eigenvalue weighted by Crippen LogP contribution is 2.28. The molecular formula is C16H22N2O4S. The van der Waals surface area contributed by atoms with E-state index in [2.05, 4.69) is 5.32 Å². The first kappa shape index (κ1) is 16.4. The third kappa shape index (κ3) is 3.57. The molecule has 1 aromatic rings. The van der Waals surface area contributed by atoms with E-state index >= 15 is 0 Å². The highest BCUT2D eigenvalue weighted by Gasteiger charge is 2.29. The topological polar surface area (TPSA) is 86.7 Å². The van der Waals surface area contributed by atoms with Crippen LogP contribution in [-0.4, -0.2) is 42.9 Å². The lowest BCUT2D eigenvalue weighted by Gasteiger charge is -2.29. The van der Waals surface area contributed by atoms with Gasteiger partial charge in [-0.1, -0.05) is 6.42 Å². The van der Waals surface area contributed by atoms with Gasteiger partial charge in [0, 0.05) is 24.7 Å². The van der Waals surface area contributed by atoms with Crippen molar-refractivity contribution in [3.8, 4) is 0 Å². The van der Waals surface area contributed by atoms with Gasteiger partial charge < -0.3 is 10.4 Å². The fraction of sp³-hybridized carbons (Fsp3) is 0.562. The second-order valence-electron chi connectivity index (χ2n) is 6.30. The van der Waals surface area contributed by atoms with Crippen molar-refractivity contribution >= 4 is 21.6 Å². The molecule has 1 atom stereocenters. The van der Waals surface area contributed by atoms with E-state index in [1.54, 1.807) is 12.1 Å². The predicted molar refractivity (Wildman–Crippen MR) is 86.4 cm³/mol. The first-order chi connectivity index (χ1) is 11.0. The third-order valence-electron chi connectivity index (χ3n) is 4.59. The number of rotatable bonds is 4. The van der Waals surface area contributed by atoms with Gasteiger partial charge in [0.1, 0.15) is 0 Å². The van der Waals surface area contributed by atoms with Crippen molar-refractivity contribution in [3.05, 3.63) is 24.3 Å². The normalized spacial score (nSPS) is 23.3. The summed E-state index contributed by atoms with van der Waals surface area (Å²) in [5, 5.41) is 12.5. The number of hydrogen-bond donors (Lipinski definition) is 2. The van der Waals surface area contributed by atoms with Crippen LogP contribution in [0.3, 0.4) is 0 Å². The molecule has 1 heterocycles. The van der Waals surface area contributed by atoms with Gasteiger partial charge in [-0.25, -0.2) is 8.42 Å². The van der Waals surface area contributed by atoms with Gasteiger partial charge in [-0.15, -0.1) is 0 Å². The summed E-state index contributed by atoms with van der Waals surface area (Å²) < 4.78 is 26.4. The van der Waals surface area contributed by atoms with Crippen molar-refractivity contribution in [1.29, 1.82) is 0 Å². The van der Waals surface area contributed by atoms with Gasteiger partial charge in [0.15, 0.2) is 0 Å². The Morgan fingerprint density at radius 1 is 1.13 bits per heavy atom. The highest BCUT2D eigenvalue weighted by atomic mass is 32.2. The highest BCUT2D eigenvalue weighted by molar-refractivity contribution is 7.89. The summed E-state index contributed by atoms with van der Waals surface area (Å²) in [6, 6.07) is 6.24. The van der Waals surface area contributed by atoms with E-state index in [0.29, 0.717) is 25.1 Å². The minimum Gasteiger partial charge on any atom is -0.392 e. The molecule has 0 bridgehead atoms. The summed E-state index contributed by atoms with van der Waals surface area (Å²) in [6.45, 7) is 0.571. The fourth-order valence-electron chi connectivity index (χ4n) is 2.91. The lowest BCUT2D eigenvalue weighted by atomic mass is 9.85. The van der Waals surface area contributed by atoms with Crippen LogP contribution in [0.4, 0.5) is 5.69 Å². The van der Waals surface area contributed by atoms with Crippen LogP contribution in [0.15, 0.2) is 29.2 Å². The molecule has 23 heavy (non-hydrogen) atoms. The standard InChI is InChI=1S/C16H22N2O4S/c19-14-5-2-10-18(11-14)23(21,22)15-8-6-13(7-9-15)17-16(20)12-3-1-4-12/h6-9,12,14,19H,1-5,10-11H2,(H,17,20)/t14-/m1/s1. The zero-order valence-corrected chi connectivity index (χ0v) is 13.8. The Balaban J connectivity index is 1.69. The zero-order chi connectivity index (χ0) is 16.4. The van der Waals surface area contributed by atoms with Crippen LogP contribution in [0.2, 0.25) is 0 Å². The first-order valence-corrected chi connectivity index (χ1v) is 9.50. The Hall–Kier alpha value is -1.44. The summed E-state index contributed by atoms with van der Waals surface area (Å²) in [4.78, 5) is 12.1. The molecule has 7 heteroatoms. The second-order valence-corrected chi connectivity index (χ2v) is 8.24. The Morgan fingerprint density at radius 2 is 1.83 bits per heavy atom. The maximum Gasteiger partial charge on any atom is 0.243 e. The number of β-amino-alcohol motifs (C(OH)–C–C–N with tert-alkyl or cyclic N) is 1. The van der Waals surface area contributed by atoms with Crippen LogP contribution < -0.4 is 5.32 Å². The molecule has 0 spiro atoms. The van der Waals surface area contributed by atoms with Crippen molar-refractivity contribution < 1.29 is 18.3 Å².